The standard InChI is InChI=1S/C32H62O4/c1-3-5-7-9-11-12-13-14-15-16-17-18-19-20-21-22-23-25-27-32(34)36-31(29-33)30-35-28-26-24-10-8-6-4-2/h15-16,31,33H,3-14,17-30H2,1-2H3/b16-15-. The fourth-order valence-corrected chi connectivity index (χ4v) is 4.44. The summed E-state index contributed by atoms with van der Waals surface area (Å²) in [7, 11) is 0. The lowest BCUT2D eigenvalue weighted by Crippen LogP contribution is -2.27. The molecule has 4 nitrogen and oxygen atoms in total. The summed E-state index contributed by atoms with van der Waals surface area (Å²) >= 11 is 0. The number of aliphatic hydroxyl groups excluding tert-OH is 1. The van der Waals surface area contributed by atoms with Crippen LogP contribution < -0.4 is 0 Å². The number of esters is 1. The van der Waals surface area contributed by atoms with E-state index in [0.717, 1.165) is 19.3 Å². The fourth-order valence-electron chi connectivity index (χ4n) is 4.44. The molecule has 0 fully saturated rings. The van der Waals surface area contributed by atoms with E-state index >= 15 is 0 Å². The zero-order valence-electron chi connectivity index (χ0n) is 24.3. The summed E-state index contributed by atoms with van der Waals surface area (Å²) in [5.41, 5.74) is 0. The van der Waals surface area contributed by atoms with Crippen molar-refractivity contribution in [2.24, 2.45) is 0 Å². The van der Waals surface area contributed by atoms with Gasteiger partial charge < -0.3 is 14.6 Å². The predicted octanol–water partition coefficient (Wildman–Crippen LogP) is 9.48. The Labute approximate surface area is 225 Å². The maximum absolute atomic E-state index is 12.0. The van der Waals surface area contributed by atoms with E-state index < -0.39 is 6.10 Å². The van der Waals surface area contributed by atoms with Crippen molar-refractivity contribution in [3.05, 3.63) is 12.2 Å². The molecule has 0 saturated heterocycles. The van der Waals surface area contributed by atoms with E-state index in [2.05, 4.69) is 26.0 Å². The van der Waals surface area contributed by atoms with Crippen LogP contribution in [0.5, 0.6) is 0 Å². The van der Waals surface area contributed by atoms with Gasteiger partial charge in [-0.1, -0.05) is 129 Å². The van der Waals surface area contributed by atoms with Gasteiger partial charge in [0.05, 0.1) is 13.2 Å². The van der Waals surface area contributed by atoms with Crippen LogP contribution >= 0.6 is 0 Å². The van der Waals surface area contributed by atoms with Crippen molar-refractivity contribution in [2.75, 3.05) is 19.8 Å². The Morgan fingerprint density at radius 2 is 1.08 bits per heavy atom. The summed E-state index contributed by atoms with van der Waals surface area (Å²) in [6.07, 6.45) is 32.5. The number of unbranched alkanes of at least 4 members (excludes halogenated alkanes) is 19. The number of ether oxygens (including phenoxy) is 2. The second-order valence-corrected chi connectivity index (χ2v) is 10.5. The Morgan fingerprint density at radius 1 is 0.639 bits per heavy atom. The Bertz CT molecular complexity index is 463. The van der Waals surface area contributed by atoms with E-state index in [1.165, 1.54) is 122 Å². The molecule has 0 radical (unpaired) electrons. The van der Waals surface area contributed by atoms with Gasteiger partial charge in [-0.25, -0.2) is 0 Å². The molecular weight excluding hydrogens is 448 g/mol. The van der Waals surface area contributed by atoms with Crippen molar-refractivity contribution < 1.29 is 19.4 Å². The number of carbonyl (C=O) groups excluding carboxylic acids is 1. The highest BCUT2D eigenvalue weighted by atomic mass is 16.6. The van der Waals surface area contributed by atoms with E-state index in [0.29, 0.717) is 19.6 Å². The topological polar surface area (TPSA) is 55.8 Å². The number of rotatable bonds is 29. The summed E-state index contributed by atoms with van der Waals surface area (Å²) < 4.78 is 11.0. The smallest absolute Gasteiger partial charge is 0.306 e. The molecule has 0 bridgehead atoms. The SMILES string of the molecule is CCCCCCCCC/C=C\CCCCCCCCCC(=O)OC(CO)COCCCCCCCC. The first-order chi connectivity index (χ1) is 17.7. The molecule has 0 aromatic carbocycles. The Kier molecular flexibility index (Phi) is 29.6. The van der Waals surface area contributed by atoms with Crippen LogP contribution in [0.15, 0.2) is 12.2 Å². The van der Waals surface area contributed by atoms with Crippen LogP contribution in [0.25, 0.3) is 0 Å². The van der Waals surface area contributed by atoms with E-state index in [1.54, 1.807) is 0 Å². The number of allylic oxidation sites excluding steroid dienone is 2. The highest BCUT2D eigenvalue weighted by molar-refractivity contribution is 5.69. The molecule has 0 amide bonds. The minimum absolute atomic E-state index is 0.170. The lowest BCUT2D eigenvalue weighted by atomic mass is 10.1. The predicted molar refractivity (Wildman–Crippen MR) is 154 cm³/mol. The zero-order chi connectivity index (χ0) is 26.4. The first kappa shape index (κ1) is 35.1. The van der Waals surface area contributed by atoms with Crippen molar-refractivity contribution in [3.8, 4) is 0 Å². The highest BCUT2D eigenvalue weighted by Crippen LogP contribution is 2.12. The number of carbonyl (C=O) groups is 1. The first-order valence-electron chi connectivity index (χ1n) is 15.8. The summed E-state index contributed by atoms with van der Waals surface area (Å²) in [5, 5.41) is 9.44. The van der Waals surface area contributed by atoms with Crippen molar-refractivity contribution >= 4 is 5.97 Å². The van der Waals surface area contributed by atoms with Gasteiger partial charge in [0.1, 0.15) is 6.10 Å². The number of aliphatic hydroxyl groups is 1. The van der Waals surface area contributed by atoms with Gasteiger partial charge in [-0.05, 0) is 38.5 Å². The average molecular weight is 511 g/mol. The van der Waals surface area contributed by atoms with Gasteiger partial charge in [0.15, 0.2) is 0 Å². The van der Waals surface area contributed by atoms with Crippen LogP contribution in [0.3, 0.4) is 0 Å². The van der Waals surface area contributed by atoms with E-state index in [9.17, 15) is 9.90 Å². The summed E-state index contributed by atoms with van der Waals surface area (Å²) in [4.78, 5) is 12.0. The molecule has 4 heteroatoms. The molecule has 1 N–H and O–H groups in total. The van der Waals surface area contributed by atoms with Crippen molar-refractivity contribution in [1.82, 2.24) is 0 Å². The van der Waals surface area contributed by atoms with Crippen LogP contribution in [0.1, 0.15) is 162 Å². The van der Waals surface area contributed by atoms with Crippen molar-refractivity contribution in [1.29, 1.82) is 0 Å². The van der Waals surface area contributed by atoms with Gasteiger partial charge >= 0.3 is 5.97 Å². The van der Waals surface area contributed by atoms with E-state index in [4.69, 9.17) is 9.47 Å². The maximum atomic E-state index is 12.0. The normalized spacial score (nSPS) is 12.4. The van der Waals surface area contributed by atoms with Crippen molar-refractivity contribution in [2.45, 2.75) is 168 Å². The molecule has 0 aromatic rings. The van der Waals surface area contributed by atoms with Crippen LogP contribution in [-0.2, 0) is 14.3 Å². The Hall–Kier alpha value is -0.870. The Morgan fingerprint density at radius 3 is 1.58 bits per heavy atom. The third-order valence-corrected chi connectivity index (χ3v) is 6.84. The molecule has 0 aliphatic carbocycles. The van der Waals surface area contributed by atoms with Gasteiger partial charge in [-0.2, -0.15) is 0 Å². The van der Waals surface area contributed by atoms with Gasteiger partial charge in [-0.3, -0.25) is 4.79 Å². The van der Waals surface area contributed by atoms with E-state index in [-0.39, 0.29) is 12.6 Å². The van der Waals surface area contributed by atoms with Crippen LogP contribution in [0.4, 0.5) is 0 Å². The fraction of sp³-hybridized carbons (Fsp3) is 0.906. The van der Waals surface area contributed by atoms with E-state index in [1.807, 2.05) is 0 Å². The van der Waals surface area contributed by atoms with Gasteiger partial charge in [0, 0.05) is 13.0 Å². The Balaban J connectivity index is 3.41. The second-order valence-electron chi connectivity index (χ2n) is 10.5. The molecule has 0 rings (SSSR count). The van der Waals surface area contributed by atoms with Gasteiger partial charge in [0.25, 0.3) is 0 Å². The summed E-state index contributed by atoms with van der Waals surface area (Å²) in [6.45, 7) is 5.30. The lowest BCUT2D eigenvalue weighted by Gasteiger charge is -2.15. The zero-order valence-corrected chi connectivity index (χ0v) is 24.3. The third-order valence-electron chi connectivity index (χ3n) is 6.84. The molecule has 1 atom stereocenters. The maximum Gasteiger partial charge on any atom is 0.306 e. The molecule has 0 aromatic heterocycles. The van der Waals surface area contributed by atoms with Gasteiger partial charge in [0.2, 0.25) is 0 Å². The molecule has 0 heterocycles. The first-order valence-corrected chi connectivity index (χ1v) is 15.8. The van der Waals surface area contributed by atoms with Crippen molar-refractivity contribution in [3.63, 3.8) is 0 Å². The number of hydrogen-bond acceptors (Lipinski definition) is 4. The number of hydrogen-bond donors (Lipinski definition) is 1. The molecule has 214 valence electrons. The van der Waals surface area contributed by atoms with Gasteiger partial charge in [-0.15, -0.1) is 0 Å². The summed E-state index contributed by atoms with van der Waals surface area (Å²) in [5.74, 6) is -0.208. The monoisotopic (exact) mass is 510 g/mol. The lowest BCUT2D eigenvalue weighted by molar-refractivity contribution is -0.154. The molecular formula is C32H62O4. The molecule has 36 heavy (non-hydrogen) atoms. The molecule has 0 aliphatic heterocycles. The average Bonchev–Trinajstić information content (AvgIpc) is 2.88. The third kappa shape index (κ3) is 27.7. The highest BCUT2D eigenvalue weighted by Gasteiger charge is 2.13. The van der Waals surface area contributed by atoms with Crippen LogP contribution in [0, 0.1) is 0 Å². The minimum Gasteiger partial charge on any atom is -0.457 e. The molecule has 0 aliphatic rings. The molecule has 1 unspecified atom stereocenters. The van der Waals surface area contributed by atoms with Crippen LogP contribution in [-0.4, -0.2) is 37.0 Å². The second kappa shape index (κ2) is 30.4. The largest absolute Gasteiger partial charge is 0.457 e. The molecule has 0 saturated carbocycles. The van der Waals surface area contributed by atoms with Crippen LogP contribution in [0.2, 0.25) is 0 Å². The minimum atomic E-state index is -0.526. The summed E-state index contributed by atoms with van der Waals surface area (Å²) in [6, 6.07) is 0. The molecule has 0 spiro atoms. The quantitative estimate of drug-likeness (QED) is 0.0618.